The Labute approximate surface area is 144 Å². The van der Waals surface area contributed by atoms with Gasteiger partial charge < -0.3 is 9.64 Å². The zero-order valence-electron chi connectivity index (χ0n) is 14.4. The Bertz CT molecular complexity index is 677. The highest BCUT2D eigenvalue weighted by molar-refractivity contribution is 5.58. The fourth-order valence-corrected chi connectivity index (χ4v) is 3.95. The number of para-hydroxylation sites is 2. The molecule has 2 aromatic rings. The van der Waals surface area contributed by atoms with Gasteiger partial charge >= 0.3 is 0 Å². The van der Waals surface area contributed by atoms with Crippen LogP contribution in [0, 0.1) is 0 Å². The first-order valence-corrected chi connectivity index (χ1v) is 9.00. The SMILES string of the molecule is CN1CCC2(CCN(Cc3ccccc3)CC2)Oc2ccccc21. The lowest BCUT2D eigenvalue weighted by Crippen LogP contribution is -2.48. The molecule has 24 heavy (non-hydrogen) atoms. The summed E-state index contributed by atoms with van der Waals surface area (Å²) in [5.41, 5.74) is 2.63. The van der Waals surface area contributed by atoms with E-state index in [1.165, 1.54) is 11.3 Å². The molecule has 0 N–H and O–H groups in total. The van der Waals surface area contributed by atoms with Crippen LogP contribution in [0.25, 0.3) is 0 Å². The van der Waals surface area contributed by atoms with Crippen molar-refractivity contribution in [2.75, 3.05) is 31.6 Å². The topological polar surface area (TPSA) is 15.7 Å². The van der Waals surface area contributed by atoms with E-state index in [-0.39, 0.29) is 5.60 Å². The smallest absolute Gasteiger partial charge is 0.143 e. The minimum Gasteiger partial charge on any atom is -0.485 e. The molecular formula is C21H26N2O. The van der Waals surface area contributed by atoms with Crippen LogP contribution < -0.4 is 9.64 Å². The van der Waals surface area contributed by atoms with Gasteiger partial charge in [-0.15, -0.1) is 0 Å². The lowest BCUT2D eigenvalue weighted by Gasteiger charge is -2.41. The molecule has 2 aliphatic rings. The molecule has 126 valence electrons. The van der Waals surface area contributed by atoms with Gasteiger partial charge in [-0.2, -0.15) is 0 Å². The molecule has 0 bridgehead atoms. The number of likely N-dealkylation sites (tertiary alicyclic amines) is 1. The molecule has 1 fully saturated rings. The van der Waals surface area contributed by atoms with Crippen molar-refractivity contribution in [3.63, 3.8) is 0 Å². The van der Waals surface area contributed by atoms with Gasteiger partial charge in [-0.05, 0) is 30.5 Å². The van der Waals surface area contributed by atoms with Gasteiger partial charge in [-0.3, -0.25) is 4.90 Å². The van der Waals surface area contributed by atoms with Gasteiger partial charge in [0.2, 0.25) is 0 Å². The number of hydrogen-bond acceptors (Lipinski definition) is 3. The Kier molecular flexibility index (Phi) is 4.19. The summed E-state index contributed by atoms with van der Waals surface area (Å²) in [6.45, 7) is 4.34. The summed E-state index contributed by atoms with van der Waals surface area (Å²) in [5, 5.41) is 0. The second-order valence-electron chi connectivity index (χ2n) is 7.19. The Morgan fingerprint density at radius 2 is 1.54 bits per heavy atom. The normalized spacial score (nSPS) is 20.3. The number of anilines is 1. The average Bonchev–Trinajstić information content (AvgIpc) is 2.76. The molecule has 0 aromatic heterocycles. The van der Waals surface area contributed by atoms with Crippen LogP contribution in [-0.2, 0) is 6.54 Å². The number of fused-ring (bicyclic) bond motifs is 1. The molecule has 0 unspecified atom stereocenters. The van der Waals surface area contributed by atoms with E-state index in [0.29, 0.717) is 0 Å². The second-order valence-corrected chi connectivity index (χ2v) is 7.19. The van der Waals surface area contributed by atoms with Crippen LogP contribution in [0.4, 0.5) is 5.69 Å². The van der Waals surface area contributed by atoms with E-state index >= 15 is 0 Å². The number of ether oxygens (including phenoxy) is 1. The predicted molar refractivity (Wildman–Crippen MR) is 98.6 cm³/mol. The van der Waals surface area contributed by atoms with Crippen LogP contribution in [0.1, 0.15) is 24.8 Å². The maximum atomic E-state index is 6.59. The van der Waals surface area contributed by atoms with Crippen LogP contribution in [0.5, 0.6) is 5.75 Å². The van der Waals surface area contributed by atoms with Gasteiger partial charge in [0, 0.05) is 39.6 Å². The number of benzene rings is 2. The molecule has 2 aliphatic heterocycles. The largest absolute Gasteiger partial charge is 0.485 e. The summed E-state index contributed by atoms with van der Waals surface area (Å²) >= 11 is 0. The molecule has 1 saturated heterocycles. The van der Waals surface area contributed by atoms with Crippen LogP contribution in [0.2, 0.25) is 0 Å². The van der Waals surface area contributed by atoms with Gasteiger partial charge in [0.25, 0.3) is 0 Å². The Hall–Kier alpha value is -2.00. The van der Waals surface area contributed by atoms with E-state index in [9.17, 15) is 0 Å². The summed E-state index contributed by atoms with van der Waals surface area (Å²) in [7, 11) is 2.17. The van der Waals surface area contributed by atoms with Crippen LogP contribution in [-0.4, -0.2) is 37.2 Å². The van der Waals surface area contributed by atoms with Crippen molar-refractivity contribution in [2.24, 2.45) is 0 Å². The van der Waals surface area contributed by atoms with Gasteiger partial charge in [0.1, 0.15) is 11.4 Å². The van der Waals surface area contributed by atoms with Crippen molar-refractivity contribution >= 4 is 5.69 Å². The molecule has 0 aliphatic carbocycles. The van der Waals surface area contributed by atoms with Crippen molar-refractivity contribution in [3.8, 4) is 5.75 Å². The highest BCUT2D eigenvalue weighted by Crippen LogP contribution is 2.39. The van der Waals surface area contributed by atoms with E-state index < -0.39 is 0 Å². The summed E-state index contributed by atoms with van der Waals surface area (Å²) in [5.74, 6) is 1.05. The predicted octanol–water partition coefficient (Wildman–Crippen LogP) is 3.94. The summed E-state index contributed by atoms with van der Waals surface area (Å²) in [6.07, 6.45) is 3.33. The molecule has 0 atom stereocenters. The average molecular weight is 322 g/mol. The van der Waals surface area contributed by atoms with Crippen LogP contribution in [0.3, 0.4) is 0 Å². The van der Waals surface area contributed by atoms with E-state index in [1.807, 2.05) is 0 Å². The van der Waals surface area contributed by atoms with Crippen molar-refractivity contribution in [1.82, 2.24) is 4.90 Å². The molecule has 0 amide bonds. The summed E-state index contributed by atoms with van der Waals surface area (Å²) in [4.78, 5) is 4.89. The van der Waals surface area contributed by atoms with Gasteiger partial charge in [0.15, 0.2) is 0 Å². The number of hydrogen-bond donors (Lipinski definition) is 0. The molecule has 3 nitrogen and oxygen atoms in total. The summed E-state index contributed by atoms with van der Waals surface area (Å²) < 4.78 is 6.59. The minimum atomic E-state index is 0.00799. The lowest BCUT2D eigenvalue weighted by molar-refractivity contribution is -0.00218. The molecule has 2 heterocycles. The third-order valence-corrected chi connectivity index (χ3v) is 5.52. The number of nitrogens with zero attached hydrogens (tertiary/aromatic N) is 2. The third kappa shape index (κ3) is 3.13. The molecule has 0 radical (unpaired) electrons. The number of piperidine rings is 1. The zero-order valence-corrected chi connectivity index (χ0v) is 14.4. The van der Waals surface area contributed by atoms with Gasteiger partial charge in [0.05, 0.1) is 5.69 Å². The molecule has 3 heteroatoms. The minimum absolute atomic E-state index is 0.00799. The van der Waals surface area contributed by atoms with E-state index in [0.717, 1.165) is 51.2 Å². The molecular weight excluding hydrogens is 296 g/mol. The van der Waals surface area contributed by atoms with Crippen LogP contribution in [0.15, 0.2) is 54.6 Å². The van der Waals surface area contributed by atoms with E-state index in [1.54, 1.807) is 0 Å². The lowest BCUT2D eigenvalue weighted by atomic mass is 9.87. The Morgan fingerprint density at radius 1 is 0.875 bits per heavy atom. The molecule has 4 rings (SSSR count). The fraction of sp³-hybridized carbons (Fsp3) is 0.429. The highest BCUT2D eigenvalue weighted by Gasteiger charge is 2.39. The maximum absolute atomic E-state index is 6.59. The first kappa shape index (κ1) is 15.5. The molecule has 2 aromatic carbocycles. The first-order valence-electron chi connectivity index (χ1n) is 9.00. The maximum Gasteiger partial charge on any atom is 0.143 e. The third-order valence-electron chi connectivity index (χ3n) is 5.52. The highest BCUT2D eigenvalue weighted by atomic mass is 16.5. The Morgan fingerprint density at radius 3 is 2.33 bits per heavy atom. The Balaban J connectivity index is 1.45. The molecule has 0 saturated carbocycles. The second kappa shape index (κ2) is 6.48. The summed E-state index contributed by atoms with van der Waals surface area (Å²) in [6, 6.07) is 19.2. The van der Waals surface area contributed by atoms with E-state index in [4.69, 9.17) is 4.74 Å². The quantitative estimate of drug-likeness (QED) is 0.833. The van der Waals surface area contributed by atoms with Crippen molar-refractivity contribution < 1.29 is 4.74 Å². The zero-order chi connectivity index (χ0) is 16.4. The first-order chi connectivity index (χ1) is 11.7. The molecule has 1 spiro atoms. The monoisotopic (exact) mass is 322 g/mol. The van der Waals surface area contributed by atoms with Crippen molar-refractivity contribution in [2.45, 2.75) is 31.4 Å². The van der Waals surface area contributed by atoms with Gasteiger partial charge in [-0.25, -0.2) is 0 Å². The standard InChI is InChI=1S/C21H26N2O/c1-22-14-11-21(24-20-10-6-5-9-19(20)22)12-15-23(16-13-21)17-18-7-3-2-4-8-18/h2-10H,11-17H2,1H3. The van der Waals surface area contributed by atoms with Gasteiger partial charge in [-0.1, -0.05) is 42.5 Å². The van der Waals surface area contributed by atoms with Crippen molar-refractivity contribution in [3.05, 3.63) is 60.2 Å². The fourth-order valence-electron chi connectivity index (χ4n) is 3.95. The van der Waals surface area contributed by atoms with E-state index in [2.05, 4.69) is 71.4 Å². The van der Waals surface area contributed by atoms with Crippen molar-refractivity contribution in [1.29, 1.82) is 0 Å². The number of rotatable bonds is 2. The van der Waals surface area contributed by atoms with Crippen LogP contribution >= 0.6 is 0 Å².